The average molecular weight is 529 g/mol. The summed E-state index contributed by atoms with van der Waals surface area (Å²) >= 11 is 5.69. The van der Waals surface area contributed by atoms with E-state index in [1.165, 1.54) is 16.8 Å². The summed E-state index contributed by atoms with van der Waals surface area (Å²) in [5.74, 6) is 0.532. The Morgan fingerprint density at radius 3 is 2.22 bits per heavy atom. The monoisotopic (exact) mass is 528 g/mol. The molecule has 3 rings (SSSR count). The van der Waals surface area contributed by atoms with Crippen molar-refractivity contribution < 1.29 is 8.42 Å². The Morgan fingerprint density at radius 1 is 1.08 bits per heavy atom. The summed E-state index contributed by atoms with van der Waals surface area (Å²) < 4.78 is 25.2. The largest absolute Gasteiger partial charge is 0.365 e. The van der Waals surface area contributed by atoms with Crippen LogP contribution >= 0.6 is 12.2 Å². The van der Waals surface area contributed by atoms with Gasteiger partial charge in [-0.1, -0.05) is 49.8 Å². The summed E-state index contributed by atoms with van der Waals surface area (Å²) in [6.07, 6.45) is 5.56. The second-order valence-electron chi connectivity index (χ2n) is 10.1. The maximum atomic E-state index is 11.4. The van der Waals surface area contributed by atoms with E-state index in [9.17, 15) is 8.42 Å². The Hall–Kier alpha value is -2.58. The molecule has 0 spiro atoms. The van der Waals surface area contributed by atoms with Crippen LogP contribution in [0.2, 0.25) is 0 Å². The zero-order chi connectivity index (χ0) is 26.3. The van der Waals surface area contributed by atoms with Crippen molar-refractivity contribution in [2.24, 2.45) is 0 Å². The fraction of sp³-hybridized carbons (Fsp3) is 0.464. The highest BCUT2D eigenvalue weighted by Crippen LogP contribution is 2.26. The standard InChI is InChI=1S/C28H40N4O2S2/c1-21(2)14-19-32(26-12-8-24(9-13-26)22(3)4)27-15-17-31(18-16-27)28(35)29-20-23-6-10-25(11-7-23)30-36(5,33)34/h6-14,22,27,30H,15-20H2,1-5H3,(H,29,35). The van der Waals surface area contributed by atoms with Gasteiger partial charge in [0, 0.05) is 43.6 Å². The minimum absolute atomic E-state index is 0.472. The van der Waals surface area contributed by atoms with E-state index >= 15 is 0 Å². The second kappa shape index (κ2) is 12.6. The van der Waals surface area contributed by atoms with Crippen LogP contribution in [0.4, 0.5) is 11.4 Å². The van der Waals surface area contributed by atoms with E-state index < -0.39 is 10.0 Å². The van der Waals surface area contributed by atoms with Crippen molar-refractivity contribution in [2.45, 2.75) is 59.0 Å². The number of thiocarbonyl (C=S) groups is 1. The molecule has 8 heteroatoms. The molecular weight excluding hydrogens is 488 g/mol. The second-order valence-corrected chi connectivity index (χ2v) is 12.3. The summed E-state index contributed by atoms with van der Waals surface area (Å²) in [7, 11) is -3.27. The molecule has 0 aliphatic carbocycles. The molecule has 1 aliphatic rings. The van der Waals surface area contributed by atoms with Crippen molar-refractivity contribution in [3.8, 4) is 0 Å². The number of anilines is 2. The first-order chi connectivity index (χ1) is 17.0. The van der Waals surface area contributed by atoms with Crippen LogP contribution in [0.15, 0.2) is 60.2 Å². The predicted molar refractivity (Wildman–Crippen MR) is 156 cm³/mol. The molecule has 1 saturated heterocycles. The summed E-state index contributed by atoms with van der Waals surface area (Å²) in [6.45, 7) is 12.1. The molecule has 0 amide bonds. The van der Waals surface area contributed by atoms with E-state index in [0.29, 0.717) is 24.2 Å². The van der Waals surface area contributed by atoms with Crippen LogP contribution in [0, 0.1) is 0 Å². The van der Waals surface area contributed by atoms with Gasteiger partial charge in [0.1, 0.15) is 0 Å². The van der Waals surface area contributed by atoms with E-state index in [-0.39, 0.29) is 0 Å². The Bertz CT molecular complexity index is 1130. The van der Waals surface area contributed by atoms with E-state index in [2.05, 4.69) is 77.9 Å². The van der Waals surface area contributed by atoms with Gasteiger partial charge in [0.15, 0.2) is 5.11 Å². The molecule has 1 heterocycles. The molecule has 2 aromatic rings. The number of hydrogen-bond acceptors (Lipinski definition) is 4. The lowest BCUT2D eigenvalue weighted by Gasteiger charge is -2.40. The molecule has 0 aromatic heterocycles. The maximum Gasteiger partial charge on any atom is 0.229 e. The lowest BCUT2D eigenvalue weighted by atomic mass is 10.00. The number of nitrogens with zero attached hydrogens (tertiary/aromatic N) is 2. The molecule has 1 fully saturated rings. The minimum atomic E-state index is -3.27. The average Bonchev–Trinajstić information content (AvgIpc) is 2.83. The topological polar surface area (TPSA) is 64.7 Å². The van der Waals surface area contributed by atoms with E-state index in [1.54, 1.807) is 12.1 Å². The zero-order valence-electron chi connectivity index (χ0n) is 22.1. The van der Waals surface area contributed by atoms with E-state index in [4.69, 9.17) is 12.2 Å². The number of piperidine rings is 1. The van der Waals surface area contributed by atoms with Crippen LogP contribution in [-0.4, -0.2) is 50.4 Å². The lowest BCUT2D eigenvalue weighted by Crippen LogP contribution is -2.49. The first kappa shape index (κ1) is 28.0. The van der Waals surface area contributed by atoms with Gasteiger partial charge in [0.2, 0.25) is 10.0 Å². The van der Waals surface area contributed by atoms with Gasteiger partial charge >= 0.3 is 0 Å². The number of likely N-dealkylation sites (tertiary alicyclic amines) is 1. The Kier molecular flexibility index (Phi) is 9.79. The van der Waals surface area contributed by atoms with Gasteiger partial charge in [0.25, 0.3) is 0 Å². The first-order valence-electron chi connectivity index (χ1n) is 12.6. The molecule has 2 aromatic carbocycles. The molecule has 0 atom stereocenters. The van der Waals surface area contributed by atoms with Crippen molar-refractivity contribution in [1.29, 1.82) is 0 Å². The normalized spacial score (nSPS) is 14.4. The third-order valence-electron chi connectivity index (χ3n) is 6.48. The Morgan fingerprint density at radius 2 is 1.69 bits per heavy atom. The number of rotatable bonds is 9. The van der Waals surface area contributed by atoms with Crippen molar-refractivity contribution >= 4 is 38.7 Å². The van der Waals surface area contributed by atoms with E-state index in [1.807, 2.05) is 12.1 Å². The zero-order valence-corrected chi connectivity index (χ0v) is 23.8. The number of benzene rings is 2. The van der Waals surface area contributed by atoms with Crippen LogP contribution in [-0.2, 0) is 16.6 Å². The quantitative estimate of drug-likeness (QED) is 0.331. The number of nitrogens with one attached hydrogen (secondary N) is 2. The SMILES string of the molecule is CC(C)=CCN(c1ccc(C(C)C)cc1)C1CCN(C(=S)NCc2ccc(NS(C)(=O)=O)cc2)CC1. The highest BCUT2D eigenvalue weighted by atomic mass is 32.2. The van der Waals surface area contributed by atoms with Gasteiger partial charge in [-0.25, -0.2) is 8.42 Å². The highest BCUT2D eigenvalue weighted by Gasteiger charge is 2.25. The molecular formula is C28H40N4O2S2. The van der Waals surface area contributed by atoms with Crippen molar-refractivity contribution in [3.63, 3.8) is 0 Å². The van der Waals surface area contributed by atoms with Crippen LogP contribution in [0.1, 0.15) is 57.6 Å². The maximum absolute atomic E-state index is 11.4. The van der Waals surface area contributed by atoms with Gasteiger partial charge in [-0.2, -0.15) is 0 Å². The van der Waals surface area contributed by atoms with Crippen molar-refractivity contribution in [1.82, 2.24) is 10.2 Å². The van der Waals surface area contributed by atoms with Gasteiger partial charge < -0.3 is 15.1 Å². The third-order valence-corrected chi connectivity index (χ3v) is 7.49. The lowest BCUT2D eigenvalue weighted by molar-refractivity contribution is 0.302. The van der Waals surface area contributed by atoms with Crippen molar-refractivity contribution in [3.05, 3.63) is 71.3 Å². The van der Waals surface area contributed by atoms with Gasteiger partial charge in [0.05, 0.1) is 6.26 Å². The van der Waals surface area contributed by atoms with Crippen LogP contribution in [0.5, 0.6) is 0 Å². The molecule has 36 heavy (non-hydrogen) atoms. The van der Waals surface area contributed by atoms with Gasteiger partial charge in [-0.05, 0) is 80.2 Å². The number of sulfonamides is 1. The van der Waals surface area contributed by atoms with Gasteiger partial charge in [-0.15, -0.1) is 0 Å². The Labute approximate surface area is 222 Å². The summed E-state index contributed by atoms with van der Waals surface area (Å²) in [5.41, 5.74) is 5.59. The molecule has 0 unspecified atom stereocenters. The molecule has 196 valence electrons. The summed E-state index contributed by atoms with van der Waals surface area (Å²) in [4.78, 5) is 4.80. The molecule has 0 radical (unpaired) electrons. The number of allylic oxidation sites excluding steroid dienone is 1. The molecule has 1 aliphatic heterocycles. The predicted octanol–water partition coefficient (Wildman–Crippen LogP) is 5.49. The molecule has 0 saturated carbocycles. The molecule has 2 N–H and O–H groups in total. The summed E-state index contributed by atoms with van der Waals surface area (Å²) in [6, 6.07) is 16.9. The summed E-state index contributed by atoms with van der Waals surface area (Å²) in [5, 5.41) is 4.13. The molecule has 6 nitrogen and oxygen atoms in total. The fourth-order valence-electron chi connectivity index (χ4n) is 4.37. The van der Waals surface area contributed by atoms with Crippen molar-refractivity contribution in [2.75, 3.05) is 35.5 Å². The van der Waals surface area contributed by atoms with Crippen LogP contribution in [0.25, 0.3) is 0 Å². The third kappa shape index (κ3) is 8.52. The number of hydrogen-bond donors (Lipinski definition) is 2. The first-order valence-corrected chi connectivity index (χ1v) is 14.9. The minimum Gasteiger partial charge on any atom is -0.365 e. The van der Waals surface area contributed by atoms with Crippen LogP contribution in [0.3, 0.4) is 0 Å². The highest BCUT2D eigenvalue weighted by molar-refractivity contribution is 7.92. The van der Waals surface area contributed by atoms with Crippen LogP contribution < -0.4 is 14.9 Å². The smallest absolute Gasteiger partial charge is 0.229 e. The van der Waals surface area contributed by atoms with Gasteiger partial charge in [-0.3, -0.25) is 4.72 Å². The van der Waals surface area contributed by atoms with E-state index in [0.717, 1.165) is 49.4 Å². The Balaban J connectivity index is 1.55. The fourth-order valence-corrected chi connectivity index (χ4v) is 5.19. The molecule has 0 bridgehead atoms.